The van der Waals surface area contributed by atoms with Gasteiger partial charge in [-0.3, -0.25) is 14.9 Å². The van der Waals surface area contributed by atoms with E-state index in [-0.39, 0.29) is 17.4 Å². The van der Waals surface area contributed by atoms with E-state index in [4.69, 9.17) is 4.74 Å². The molecule has 0 saturated carbocycles. The molecule has 6 heteroatoms. The maximum atomic E-state index is 10.4. The molecule has 2 fully saturated rings. The molecule has 2 aliphatic heterocycles. The number of rotatable bonds is 6. The summed E-state index contributed by atoms with van der Waals surface area (Å²) in [7, 11) is 0. The molecule has 0 aromatic carbocycles. The highest BCUT2D eigenvalue weighted by Gasteiger charge is 2.35. The van der Waals surface area contributed by atoms with Crippen molar-refractivity contribution in [2.45, 2.75) is 33.3 Å². The van der Waals surface area contributed by atoms with E-state index in [9.17, 15) is 5.11 Å². The minimum atomic E-state index is -0.249. The number of aliphatic hydroxyl groups excluding tert-OH is 1. The fourth-order valence-electron chi connectivity index (χ4n) is 4.14. The quantitative estimate of drug-likeness (QED) is 0.808. The van der Waals surface area contributed by atoms with Crippen molar-refractivity contribution in [3.8, 4) is 0 Å². The Kier molecular flexibility index (Phi) is 5.59. The largest absolute Gasteiger partial charge is 0.391 e. The zero-order chi connectivity index (χ0) is 17.2. The van der Waals surface area contributed by atoms with Crippen molar-refractivity contribution in [2.75, 3.05) is 52.5 Å². The second-order valence-corrected chi connectivity index (χ2v) is 8.32. The normalized spacial score (nSPS) is 27.0. The van der Waals surface area contributed by atoms with E-state index in [1.807, 2.05) is 6.92 Å². The summed E-state index contributed by atoms with van der Waals surface area (Å²) in [6.45, 7) is 14.3. The zero-order valence-corrected chi connectivity index (χ0v) is 15.3. The standard InChI is InChI=1S/C18H32N4O2/c1-14-8-16(20-19-14)9-15-10-22(11-17(15)23)13-18(2,3)12-21-4-6-24-7-5-21/h8,15,17,23H,4-7,9-13H2,1-3H3,(H,19,20)/t15-,17+/m1/s1. The van der Waals surface area contributed by atoms with Crippen molar-refractivity contribution < 1.29 is 9.84 Å². The van der Waals surface area contributed by atoms with Gasteiger partial charge in [-0.25, -0.2) is 0 Å². The molecule has 1 aromatic rings. The number of H-pyrrole nitrogens is 1. The van der Waals surface area contributed by atoms with Crippen LogP contribution in [0.3, 0.4) is 0 Å². The summed E-state index contributed by atoms with van der Waals surface area (Å²) in [5.41, 5.74) is 2.36. The average molecular weight is 336 g/mol. The van der Waals surface area contributed by atoms with E-state index in [0.29, 0.717) is 0 Å². The fraction of sp³-hybridized carbons (Fsp3) is 0.833. The molecular formula is C18H32N4O2. The molecule has 0 bridgehead atoms. The third kappa shape index (κ3) is 4.79. The van der Waals surface area contributed by atoms with Crippen molar-refractivity contribution in [3.05, 3.63) is 17.5 Å². The third-order valence-corrected chi connectivity index (χ3v) is 5.12. The Morgan fingerprint density at radius 2 is 1.96 bits per heavy atom. The van der Waals surface area contributed by atoms with E-state index in [2.05, 4.69) is 39.9 Å². The van der Waals surface area contributed by atoms with Crippen molar-refractivity contribution in [1.82, 2.24) is 20.0 Å². The number of likely N-dealkylation sites (tertiary alicyclic amines) is 1. The Morgan fingerprint density at radius 3 is 2.62 bits per heavy atom. The number of nitrogens with zero attached hydrogens (tertiary/aromatic N) is 3. The van der Waals surface area contributed by atoms with Crippen LogP contribution in [0.5, 0.6) is 0 Å². The average Bonchev–Trinajstić information content (AvgIpc) is 3.05. The van der Waals surface area contributed by atoms with Gasteiger partial charge in [0.05, 0.1) is 25.0 Å². The summed E-state index contributed by atoms with van der Waals surface area (Å²) in [6, 6.07) is 2.08. The smallest absolute Gasteiger partial charge is 0.0711 e. The first kappa shape index (κ1) is 17.9. The molecule has 2 atom stereocenters. The van der Waals surface area contributed by atoms with Crippen LogP contribution in [0, 0.1) is 18.3 Å². The van der Waals surface area contributed by atoms with Crippen LogP contribution in [0.1, 0.15) is 25.2 Å². The Hall–Kier alpha value is -0.950. The Labute approximate surface area is 145 Å². The lowest BCUT2D eigenvalue weighted by Gasteiger charge is -2.37. The molecule has 3 heterocycles. The van der Waals surface area contributed by atoms with Crippen LogP contribution in [0.4, 0.5) is 0 Å². The van der Waals surface area contributed by atoms with Gasteiger partial charge in [-0.15, -0.1) is 0 Å². The first-order valence-corrected chi connectivity index (χ1v) is 9.13. The van der Waals surface area contributed by atoms with E-state index in [1.165, 1.54) is 0 Å². The van der Waals surface area contributed by atoms with Crippen LogP contribution in [-0.4, -0.2) is 83.7 Å². The molecule has 24 heavy (non-hydrogen) atoms. The molecule has 6 nitrogen and oxygen atoms in total. The number of ether oxygens (including phenoxy) is 1. The lowest BCUT2D eigenvalue weighted by Crippen LogP contribution is -2.45. The van der Waals surface area contributed by atoms with Gasteiger partial charge in [0.1, 0.15) is 0 Å². The van der Waals surface area contributed by atoms with Gasteiger partial charge in [0.15, 0.2) is 0 Å². The first-order valence-electron chi connectivity index (χ1n) is 9.13. The number of β-amino-alcohol motifs (C(OH)–C–C–N with tert-alkyl or cyclic N) is 1. The SMILES string of the molecule is Cc1cc(C[C@@H]2CN(CC(C)(C)CN3CCOCC3)C[C@@H]2O)n[nH]1. The van der Waals surface area contributed by atoms with Gasteiger partial charge in [-0.05, 0) is 24.8 Å². The van der Waals surface area contributed by atoms with Crippen LogP contribution < -0.4 is 0 Å². The highest BCUT2D eigenvalue weighted by molar-refractivity contribution is 5.08. The number of aromatic amines is 1. The van der Waals surface area contributed by atoms with Gasteiger partial charge in [0, 0.05) is 50.9 Å². The predicted molar refractivity (Wildman–Crippen MR) is 94.0 cm³/mol. The van der Waals surface area contributed by atoms with Gasteiger partial charge >= 0.3 is 0 Å². The number of aliphatic hydroxyl groups is 1. The van der Waals surface area contributed by atoms with Crippen LogP contribution in [-0.2, 0) is 11.2 Å². The molecule has 1 aromatic heterocycles. The van der Waals surface area contributed by atoms with E-state index >= 15 is 0 Å². The summed E-state index contributed by atoms with van der Waals surface area (Å²) in [6.07, 6.45) is 0.604. The first-order chi connectivity index (χ1) is 11.4. The maximum Gasteiger partial charge on any atom is 0.0711 e. The summed E-state index contributed by atoms with van der Waals surface area (Å²) >= 11 is 0. The fourth-order valence-corrected chi connectivity index (χ4v) is 4.14. The number of nitrogens with one attached hydrogen (secondary N) is 1. The minimum Gasteiger partial charge on any atom is -0.391 e. The van der Waals surface area contributed by atoms with Gasteiger partial charge < -0.3 is 9.84 Å². The molecule has 0 radical (unpaired) electrons. The molecule has 0 amide bonds. The van der Waals surface area contributed by atoms with Crippen molar-refractivity contribution in [3.63, 3.8) is 0 Å². The van der Waals surface area contributed by atoms with Gasteiger partial charge in [-0.1, -0.05) is 13.8 Å². The molecular weight excluding hydrogens is 304 g/mol. The maximum absolute atomic E-state index is 10.4. The van der Waals surface area contributed by atoms with Crippen LogP contribution >= 0.6 is 0 Å². The number of morpholine rings is 1. The van der Waals surface area contributed by atoms with Gasteiger partial charge in [-0.2, -0.15) is 5.10 Å². The summed E-state index contributed by atoms with van der Waals surface area (Å²) in [5, 5.41) is 17.7. The highest BCUT2D eigenvalue weighted by atomic mass is 16.5. The Bertz CT molecular complexity index is 525. The molecule has 2 N–H and O–H groups in total. The van der Waals surface area contributed by atoms with E-state index in [1.54, 1.807) is 0 Å². The van der Waals surface area contributed by atoms with Crippen LogP contribution in [0.2, 0.25) is 0 Å². The van der Waals surface area contributed by atoms with E-state index < -0.39 is 0 Å². The lowest BCUT2D eigenvalue weighted by molar-refractivity contribution is 0.0157. The minimum absolute atomic E-state index is 0.217. The van der Waals surface area contributed by atoms with Crippen LogP contribution in [0.25, 0.3) is 0 Å². The summed E-state index contributed by atoms with van der Waals surface area (Å²) < 4.78 is 5.44. The second-order valence-electron chi connectivity index (χ2n) is 8.32. The summed E-state index contributed by atoms with van der Waals surface area (Å²) in [4.78, 5) is 4.93. The van der Waals surface area contributed by atoms with Crippen molar-refractivity contribution in [1.29, 1.82) is 0 Å². The van der Waals surface area contributed by atoms with Crippen molar-refractivity contribution in [2.24, 2.45) is 11.3 Å². The Morgan fingerprint density at radius 1 is 1.25 bits per heavy atom. The topological polar surface area (TPSA) is 64.6 Å². The molecule has 136 valence electrons. The predicted octanol–water partition coefficient (Wildman–Crippen LogP) is 0.912. The number of aryl methyl sites for hydroxylation is 1. The molecule has 3 rings (SSSR count). The number of hydrogen-bond donors (Lipinski definition) is 2. The third-order valence-electron chi connectivity index (χ3n) is 5.12. The molecule has 2 saturated heterocycles. The molecule has 2 aliphatic rings. The van der Waals surface area contributed by atoms with E-state index in [0.717, 1.165) is 70.3 Å². The molecule has 0 aliphatic carbocycles. The lowest BCUT2D eigenvalue weighted by atomic mass is 9.91. The molecule has 0 unspecified atom stereocenters. The zero-order valence-electron chi connectivity index (χ0n) is 15.3. The second kappa shape index (κ2) is 7.52. The monoisotopic (exact) mass is 336 g/mol. The number of hydrogen-bond acceptors (Lipinski definition) is 5. The van der Waals surface area contributed by atoms with Gasteiger partial charge in [0.2, 0.25) is 0 Å². The van der Waals surface area contributed by atoms with Gasteiger partial charge in [0.25, 0.3) is 0 Å². The highest BCUT2D eigenvalue weighted by Crippen LogP contribution is 2.26. The summed E-state index contributed by atoms with van der Waals surface area (Å²) in [5.74, 6) is 0.284. The van der Waals surface area contributed by atoms with Crippen molar-refractivity contribution >= 4 is 0 Å². The number of aromatic nitrogens is 2. The molecule has 0 spiro atoms. The van der Waals surface area contributed by atoms with Crippen LogP contribution in [0.15, 0.2) is 6.07 Å². The Balaban J connectivity index is 1.50.